The van der Waals surface area contributed by atoms with E-state index in [4.69, 9.17) is 16.6 Å². The summed E-state index contributed by atoms with van der Waals surface area (Å²) in [7, 11) is 0. The highest BCUT2D eigenvalue weighted by Gasteiger charge is 2.23. The number of rotatable bonds is 6. The van der Waals surface area contributed by atoms with Crippen molar-refractivity contribution < 1.29 is 0 Å². The highest BCUT2D eigenvalue weighted by atomic mass is 79.9. The van der Waals surface area contributed by atoms with Gasteiger partial charge in [0.25, 0.3) is 0 Å². The second-order valence-electron chi connectivity index (χ2n) is 6.46. The van der Waals surface area contributed by atoms with Crippen LogP contribution in [0, 0.1) is 0 Å². The lowest BCUT2D eigenvalue weighted by molar-refractivity contribution is 0.653. The van der Waals surface area contributed by atoms with Crippen LogP contribution in [-0.2, 0) is 13.1 Å². The van der Waals surface area contributed by atoms with Gasteiger partial charge < -0.3 is 5.32 Å². The predicted octanol–water partition coefficient (Wildman–Crippen LogP) is 4.70. The molecule has 0 amide bonds. The maximum absolute atomic E-state index is 6.23. The average molecular weight is 457 g/mol. The Morgan fingerprint density at radius 2 is 2.11 bits per heavy atom. The van der Waals surface area contributed by atoms with Gasteiger partial charge in [0.2, 0.25) is 0 Å². The fraction of sp³-hybridized carbons (Fsp3) is 0.190. The second kappa shape index (κ2) is 8.39. The van der Waals surface area contributed by atoms with Crippen LogP contribution in [0.3, 0.4) is 0 Å². The molecule has 0 bridgehead atoms. The van der Waals surface area contributed by atoms with Crippen molar-refractivity contribution in [3.8, 4) is 5.69 Å². The minimum absolute atomic E-state index is 0.452. The Morgan fingerprint density at radius 3 is 2.93 bits per heavy atom. The summed E-state index contributed by atoms with van der Waals surface area (Å²) in [6.07, 6.45) is 2.81. The zero-order valence-electron chi connectivity index (χ0n) is 15.2. The van der Waals surface area contributed by atoms with Gasteiger partial charge in [-0.2, -0.15) is 0 Å². The summed E-state index contributed by atoms with van der Waals surface area (Å²) in [5.41, 5.74) is 3.92. The van der Waals surface area contributed by atoms with Crippen LogP contribution in [0.25, 0.3) is 5.69 Å². The maximum Gasteiger partial charge on any atom is 0.159 e. The Hall–Kier alpha value is -2.28. The van der Waals surface area contributed by atoms with Gasteiger partial charge in [0.1, 0.15) is 6.54 Å². The number of nitrogens with one attached hydrogen (secondary N) is 1. The van der Waals surface area contributed by atoms with Crippen LogP contribution in [0.4, 0.5) is 0 Å². The smallest absolute Gasteiger partial charge is 0.159 e. The first-order valence-corrected chi connectivity index (χ1v) is 10.2. The van der Waals surface area contributed by atoms with Crippen molar-refractivity contribution in [3.63, 3.8) is 0 Å². The molecule has 0 aliphatic carbocycles. The van der Waals surface area contributed by atoms with E-state index in [2.05, 4.69) is 54.7 Å². The Bertz CT molecular complexity index is 1060. The van der Waals surface area contributed by atoms with Crippen molar-refractivity contribution in [1.29, 1.82) is 0 Å². The van der Waals surface area contributed by atoms with Crippen molar-refractivity contribution >= 4 is 33.2 Å². The van der Waals surface area contributed by atoms with E-state index < -0.39 is 0 Å². The van der Waals surface area contributed by atoms with E-state index in [-0.39, 0.29) is 0 Å². The molecule has 1 aliphatic heterocycles. The number of halogens is 2. The van der Waals surface area contributed by atoms with Gasteiger partial charge in [-0.3, -0.25) is 9.56 Å². The van der Waals surface area contributed by atoms with Gasteiger partial charge in [0, 0.05) is 20.6 Å². The zero-order chi connectivity index (χ0) is 19.5. The largest absolute Gasteiger partial charge is 0.310 e. The zero-order valence-corrected chi connectivity index (χ0v) is 17.5. The highest BCUT2D eigenvalue weighted by molar-refractivity contribution is 9.10. The van der Waals surface area contributed by atoms with Crippen molar-refractivity contribution in [1.82, 2.24) is 20.1 Å². The Kier molecular flexibility index (Phi) is 5.71. The molecule has 1 aliphatic rings. The minimum atomic E-state index is 0.452. The van der Waals surface area contributed by atoms with Crippen molar-refractivity contribution in [2.45, 2.75) is 19.5 Å². The number of hydrogen-bond acceptors (Lipinski definition) is 4. The van der Waals surface area contributed by atoms with Crippen LogP contribution in [0.5, 0.6) is 0 Å². The summed E-state index contributed by atoms with van der Waals surface area (Å²) in [4.78, 5) is 4.86. The average Bonchev–Trinajstić information content (AvgIpc) is 3.01. The van der Waals surface area contributed by atoms with E-state index in [0.717, 1.165) is 51.6 Å². The predicted molar refractivity (Wildman–Crippen MR) is 116 cm³/mol. The molecule has 2 heterocycles. The summed E-state index contributed by atoms with van der Waals surface area (Å²) in [5, 5.41) is 12.9. The summed E-state index contributed by atoms with van der Waals surface area (Å²) in [6.45, 7) is 5.68. The Labute approximate surface area is 177 Å². The lowest BCUT2D eigenvalue weighted by atomic mass is 10.0. The molecular formula is C21H19BrClN5. The van der Waals surface area contributed by atoms with Gasteiger partial charge in [0.05, 0.1) is 17.9 Å². The summed E-state index contributed by atoms with van der Waals surface area (Å²) in [5.74, 6) is 1.68. The van der Waals surface area contributed by atoms with Crippen LogP contribution in [0.1, 0.15) is 29.2 Å². The maximum atomic E-state index is 6.23. The number of hydrogen-bond donors (Lipinski definition) is 1. The molecule has 0 unspecified atom stereocenters. The molecule has 28 heavy (non-hydrogen) atoms. The molecule has 1 aromatic heterocycles. The van der Waals surface area contributed by atoms with Crippen molar-refractivity contribution in [3.05, 3.63) is 87.4 Å². The van der Waals surface area contributed by atoms with Crippen LogP contribution in [0.2, 0.25) is 5.02 Å². The topological polar surface area (TPSA) is 55.1 Å². The molecule has 0 fully saturated rings. The molecule has 0 saturated carbocycles. The first kappa shape index (κ1) is 19.1. The highest BCUT2D eigenvalue weighted by Crippen LogP contribution is 2.29. The lowest BCUT2D eigenvalue weighted by Crippen LogP contribution is -2.18. The molecule has 5 nitrogen and oxygen atoms in total. The van der Waals surface area contributed by atoms with E-state index in [1.165, 1.54) is 0 Å². The van der Waals surface area contributed by atoms with Gasteiger partial charge in [-0.1, -0.05) is 45.7 Å². The van der Waals surface area contributed by atoms with Gasteiger partial charge >= 0.3 is 0 Å². The molecular weight excluding hydrogens is 438 g/mol. The Morgan fingerprint density at radius 1 is 1.21 bits per heavy atom. The first-order chi connectivity index (χ1) is 13.7. The summed E-state index contributed by atoms with van der Waals surface area (Å²) in [6, 6.07) is 14.0. The molecule has 0 spiro atoms. The van der Waals surface area contributed by atoms with E-state index in [0.29, 0.717) is 18.1 Å². The molecule has 4 rings (SSSR count). The fourth-order valence-corrected chi connectivity index (χ4v) is 3.80. The minimum Gasteiger partial charge on any atom is -0.310 e. The van der Waals surface area contributed by atoms with Crippen LogP contribution in [0.15, 0.2) is 64.6 Å². The van der Waals surface area contributed by atoms with Crippen LogP contribution in [-0.4, -0.2) is 27.0 Å². The normalized spacial score (nSPS) is 12.7. The number of benzene rings is 2. The number of nitrogens with zero attached hydrogens (tertiary/aromatic N) is 4. The third kappa shape index (κ3) is 3.81. The van der Waals surface area contributed by atoms with Crippen molar-refractivity contribution in [2.24, 2.45) is 4.99 Å². The van der Waals surface area contributed by atoms with E-state index in [1.54, 1.807) is 0 Å². The quantitative estimate of drug-likeness (QED) is 0.432. The molecule has 2 aromatic carbocycles. The number of aliphatic imine (C=N–C) groups is 1. The monoisotopic (exact) mass is 455 g/mol. The van der Waals surface area contributed by atoms with Gasteiger partial charge in [-0.05, 0) is 43.3 Å². The van der Waals surface area contributed by atoms with E-state index in [9.17, 15) is 0 Å². The summed E-state index contributed by atoms with van der Waals surface area (Å²) >= 11 is 9.83. The molecule has 0 radical (unpaired) electrons. The molecule has 142 valence electrons. The lowest BCUT2D eigenvalue weighted by Gasteiger charge is -2.14. The second-order valence-corrected chi connectivity index (χ2v) is 7.81. The number of aromatic nitrogens is 3. The van der Waals surface area contributed by atoms with E-state index in [1.807, 2.05) is 36.4 Å². The molecule has 0 saturated heterocycles. The fourth-order valence-electron chi connectivity index (χ4n) is 3.26. The SMILES string of the molecule is C=CCCNCc1nnc2n1-c1cc(Br)ccc1C(c1cccc(Cl)c1)=NC2. The first-order valence-electron chi connectivity index (χ1n) is 9.03. The molecule has 1 N–H and O–H groups in total. The van der Waals surface area contributed by atoms with Gasteiger partial charge in [-0.15, -0.1) is 16.8 Å². The van der Waals surface area contributed by atoms with Crippen LogP contribution >= 0.6 is 27.5 Å². The van der Waals surface area contributed by atoms with Gasteiger partial charge in [-0.25, -0.2) is 0 Å². The Balaban J connectivity index is 1.80. The van der Waals surface area contributed by atoms with Gasteiger partial charge in [0.15, 0.2) is 11.6 Å². The molecule has 3 aromatic rings. The molecule has 0 atom stereocenters. The summed E-state index contributed by atoms with van der Waals surface area (Å²) < 4.78 is 3.09. The standard InChI is InChI=1S/C21H19BrClN5/c1-2-3-9-24-12-19-26-27-20-13-25-21(14-5-4-6-16(23)10-14)17-8-7-15(22)11-18(17)28(19)20/h2,4-8,10-11,24H,1,3,9,12-13H2. The third-order valence-corrected chi connectivity index (χ3v) is 5.27. The number of fused-ring (bicyclic) bond motifs is 3. The van der Waals surface area contributed by atoms with Crippen molar-refractivity contribution in [2.75, 3.05) is 6.54 Å². The van der Waals surface area contributed by atoms with Crippen LogP contribution < -0.4 is 5.32 Å². The molecule has 7 heteroatoms. The third-order valence-electron chi connectivity index (χ3n) is 4.54. The van der Waals surface area contributed by atoms with E-state index >= 15 is 0 Å².